The molecule has 4 nitrogen and oxygen atoms in total. The first-order chi connectivity index (χ1) is 11.8. The summed E-state index contributed by atoms with van der Waals surface area (Å²) in [6, 6.07) is 0. The van der Waals surface area contributed by atoms with Crippen molar-refractivity contribution in [2.24, 2.45) is 11.3 Å². The van der Waals surface area contributed by atoms with Crippen LogP contribution in [0.25, 0.3) is 0 Å². The van der Waals surface area contributed by atoms with Crippen LogP contribution < -0.4 is 0 Å². The number of piperidine rings is 1. The Bertz CT molecular complexity index is 429. The Kier molecular flexibility index (Phi) is 6.86. The molecule has 1 aliphatic carbocycles. The molecule has 1 saturated heterocycles. The monoisotopic (exact) mass is 369 g/mol. The number of nitrogens with zero attached hydrogens (tertiary/aromatic N) is 1. The number of hydrogen-bond donors (Lipinski definition) is 2. The molecule has 0 bridgehead atoms. The molecular weight excluding hydrogens is 326 g/mol. The maximum absolute atomic E-state index is 10.6. The summed E-state index contributed by atoms with van der Waals surface area (Å²) >= 11 is 0. The number of likely N-dealkylation sites (tertiary alicyclic amines) is 1. The third kappa shape index (κ3) is 5.67. The van der Waals surface area contributed by atoms with Crippen molar-refractivity contribution in [1.29, 1.82) is 0 Å². The van der Waals surface area contributed by atoms with Crippen LogP contribution in [0, 0.1) is 11.3 Å². The van der Waals surface area contributed by atoms with Crippen molar-refractivity contribution in [2.75, 3.05) is 13.2 Å². The Morgan fingerprint density at radius 1 is 1.00 bits per heavy atom. The van der Waals surface area contributed by atoms with Gasteiger partial charge in [0.15, 0.2) is 0 Å². The molecule has 0 aromatic rings. The van der Waals surface area contributed by atoms with Crippen LogP contribution in [0.1, 0.15) is 87.0 Å². The summed E-state index contributed by atoms with van der Waals surface area (Å²) in [5.74, 6) is 0.786. The SMILES string of the molecule is CC(C)(C)C1CCC(OCC(O)CN2C(C)(C)CC(O)CC2(C)C)CC1. The smallest absolute Gasteiger partial charge is 0.0900 e. The Morgan fingerprint density at radius 3 is 1.96 bits per heavy atom. The van der Waals surface area contributed by atoms with E-state index in [2.05, 4.69) is 53.4 Å². The Morgan fingerprint density at radius 2 is 1.50 bits per heavy atom. The molecule has 1 saturated carbocycles. The molecule has 0 aromatic heterocycles. The summed E-state index contributed by atoms with van der Waals surface area (Å²) in [5, 5.41) is 20.8. The van der Waals surface area contributed by atoms with Gasteiger partial charge < -0.3 is 14.9 Å². The van der Waals surface area contributed by atoms with E-state index in [1.54, 1.807) is 0 Å². The van der Waals surface area contributed by atoms with Crippen LogP contribution in [0.15, 0.2) is 0 Å². The summed E-state index contributed by atoms with van der Waals surface area (Å²) in [6.07, 6.45) is 5.74. The van der Waals surface area contributed by atoms with Gasteiger partial charge in [0.05, 0.1) is 24.9 Å². The van der Waals surface area contributed by atoms with Gasteiger partial charge in [0.2, 0.25) is 0 Å². The lowest BCUT2D eigenvalue weighted by molar-refractivity contribution is -0.111. The lowest BCUT2D eigenvalue weighted by atomic mass is 9.72. The second-order valence-corrected chi connectivity index (χ2v) is 11.1. The first-order valence-electron chi connectivity index (χ1n) is 10.6. The first-order valence-corrected chi connectivity index (χ1v) is 10.6. The van der Waals surface area contributed by atoms with Crippen molar-refractivity contribution in [3.63, 3.8) is 0 Å². The summed E-state index contributed by atoms with van der Waals surface area (Å²) in [7, 11) is 0. The van der Waals surface area contributed by atoms with Crippen molar-refractivity contribution in [3.8, 4) is 0 Å². The molecule has 1 heterocycles. The van der Waals surface area contributed by atoms with Crippen LogP contribution in [0.2, 0.25) is 0 Å². The Balaban J connectivity index is 1.81. The molecule has 2 rings (SSSR count). The molecule has 2 aliphatic rings. The van der Waals surface area contributed by atoms with E-state index in [1.165, 1.54) is 12.8 Å². The zero-order valence-electron chi connectivity index (χ0n) is 18.2. The van der Waals surface area contributed by atoms with Gasteiger partial charge >= 0.3 is 0 Å². The number of rotatable bonds is 5. The second-order valence-electron chi connectivity index (χ2n) is 11.1. The normalized spacial score (nSPS) is 31.7. The predicted molar refractivity (Wildman–Crippen MR) is 107 cm³/mol. The zero-order valence-corrected chi connectivity index (χ0v) is 18.2. The van der Waals surface area contributed by atoms with Crippen LogP contribution in [0.3, 0.4) is 0 Å². The van der Waals surface area contributed by atoms with Crippen LogP contribution in [-0.4, -0.2) is 57.7 Å². The van der Waals surface area contributed by atoms with Gasteiger partial charge in [-0.3, -0.25) is 4.90 Å². The average Bonchev–Trinajstić information content (AvgIpc) is 2.47. The predicted octanol–water partition coefficient (Wildman–Crippen LogP) is 3.98. The Hall–Kier alpha value is -0.160. The number of aliphatic hydroxyl groups excluding tert-OH is 2. The fraction of sp³-hybridized carbons (Fsp3) is 1.00. The van der Waals surface area contributed by atoms with E-state index in [4.69, 9.17) is 4.74 Å². The largest absolute Gasteiger partial charge is 0.393 e. The van der Waals surface area contributed by atoms with Crippen molar-refractivity contribution < 1.29 is 14.9 Å². The van der Waals surface area contributed by atoms with E-state index in [1.807, 2.05) is 0 Å². The van der Waals surface area contributed by atoms with E-state index in [9.17, 15) is 10.2 Å². The van der Waals surface area contributed by atoms with Crippen molar-refractivity contribution in [2.45, 2.75) is 116 Å². The van der Waals surface area contributed by atoms with E-state index in [0.29, 0.717) is 24.7 Å². The third-order valence-corrected chi connectivity index (χ3v) is 6.75. The van der Waals surface area contributed by atoms with Gasteiger partial charge in [0.25, 0.3) is 0 Å². The molecule has 1 atom stereocenters. The summed E-state index contributed by atoms with van der Waals surface area (Å²) in [6.45, 7) is 16.7. The highest BCUT2D eigenvalue weighted by Crippen LogP contribution is 2.39. The second kappa shape index (κ2) is 8.06. The maximum atomic E-state index is 10.6. The molecule has 2 N–H and O–H groups in total. The molecule has 154 valence electrons. The maximum Gasteiger partial charge on any atom is 0.0900 e. The van der Waals surface area contributed by atoms with Gasteiger partial charge in [-0.2, -0.15) is 0 Å². The van der Waals surface area contributed by atoms with Gasteiger partial charge in [-0.25, -0.2) is 0 Å². The fourth-order valence-electron chi connectivity index (χ4n) is 5.37. The minimum atomic E-state index is -0.482. The molecule has 0 amide bonds. The van der Waals surface area contributed by atoms with Crippen LogP contribution >= 0.6 is 0 Å². The molecule has 26 heavy (non-hydrogen) atoms. The number of ether oxygens (including phenoxy) is 1. The molecule has 2 fully saturated rings. The molecule has 4 heteroatoms. The third-order valence-electron chi connectivity index (χ3n) is 6.75. The van der Waals surface area contributed by atoms with E-state index in [0.717, 1.165) is 31.6 Å². The van der Waals surface area contributed by atoms with E-state index < -0.39 is 6.10 Å². The van der Waals surface area contributed by atoms with Gasteiger partial charge in [-0.05, 0) is 77.6 Å². The molecule has 0 radical (unpaired) electrons. The van der Waals surface area contributed by atoms with Crippen LogP contribution in [0.5, 0.6) is 0 Å². The van der Waals surface area contributed by atoms with Crippen molar-refractivity contribution in [1.82, 2.24) is 4.90 Å². The van der Waals surface area contributed by atoms with Crippen molar-refractivity contribution in [3.05, 3.63) is 0 Å². The van der Waals surface area contributed by atoms with E-state index in [-0.39, 0.29) is 17.2 Å². The Labute approximate surface area is 161 Å². The lowest BCUT2D eigenvalue weighted by Gasteiger charge is -2.55. The fourth-order valence-corrected chi connectivity index (χ4v) is 5.37. The molecule has 1 aliphatic heterocycles. The molecular formula is C22H43NO3. The quantitative estimate of drug-likeness (QED) is 0.769. The van der Waals surface area contributed by atoms with Gasteiger partial charge in [-0.1, -0.05) is 20.8 Å². The van der Waals surface area contributed by atoms with Gasteiger partial charge in [0, 0.05) is 17.6 Å². The van der Waals surface area contributed by atoms with E-state index >= 15 is 0 Å². The zero-order chi connectivity index (χ0) is 19.8. The first kappa shape index (κ1) is 22.1. The molecule has 1 unspecified atom stereocenters. The minimum Gasteiger partial charge on any atom is -0.393 e. The highest BCUT2D eigenvalue weighted by Gasteiger charge is 2.45. The highest BCUT2D eigenvalue weighted by molar-refractivity contribution is 5.00. The topological polar surface area (TPSA) is 52.9 Å². The highest BCUT2D eigenvalue weighted by atomic mass is 16.5. The summed E-state index contributed by atoms with van der Waals surface area (Å²) in [4.78, 5) is 2.36. The molecule has 0 aromatic carbocycles. The number of hydrogen-bond acceptors (Lipinski definition) is 4. The summed E-state index contributed by atoms with van der Waals surface area (Å²) < 4.78 is 6.08. The number of β-amino-alcohol motifs (C(OH)–C–C–N with tert-alkyl or cyclic N) is 1. The minimum absolute atomic E-state index is 0.118. The van der Waals surface area contributed by atoms with Crippen LogP contribution in [-0.2, 0) is 4.74 Å². The summed E-state index contributed by atoms with van der Waals surface area (Å²) in [5.41, 5.74) is 0.153. The molecule has 0 spiro atoms. The average molecular weight is 370 g/mol. The van der Waals surface area contributed by atoms with Gasteiger partial charge in [-0.15, -0.1) is 0 Å². The lowest BCUT2D eigenvalue weighted by Crippen LogP contribution is -2.63. The van der Waals surface area contributed by atoms with Crippen molar-refractivity contribution >= 4 is 0 Å². The number of aliphatic hydroxyl groups is 2. The van der Waals surface area contributed by atoms with Crippen LogP contribution in [0.4, 0.5) is 0 Å². The standard InChI is InChI=1S/C22H43NO3/c1-20(2,3)16-8-10-19(11-9-16)26-15-18(25)14-23-21(4,5)12-17(24)13-22(23,6)7/h16-19,24-25H,8-15H2,1-7H3. The van der Waals surface area contributed by atoms with Gasteiger partial charge in [0.1, 0.15) is 0 Å².